The Morgan fingerprint density at radius 1 is 0.984 bits per heavy atom. The van der Waals surface area contributed by atoms with Crippen LogP contribution in [0.3, 0.4) is 0 Å². The predicted molar refractivity (Wildman–Crippen MR) is 248 cm³/mol. The lowest BCUT2D eigenvalue weighted by Crippen LogP contribution is -2.74. The zero-order chi connectivity index (χ0) is 45.1. The highest BCUT2D eigenvalue weighted by molar-refractivity contribution is 6.33. The summed E-state index contributed by atoms with van der Waals surface area (Å²) in [5.41, 5.74) is 4.90. The highest BCUT2D eigenvalue weighted by atomic mass is 35.5. The maximum absolute atomic E-state index is 13.3. The van der Waals surface area contributed by atoms with Gasteiger partial charge in [0.25, 0.3) is 17.4 Å². The van der Waals surface area contributed by atoms with Crippen molar-refractivity contribution in [3.8, 4) is 5.75 Å². The van der Waals surface area contributed by atoms with Gasteiger partial charge in [-0.05, 0) is 127 Å². The van der Waals surface area contributed by atoms with E-state index in [0.29, 0.717) is 29.5 Å². The number of likely N-dealkylation sites (N-methyl/N-ethyl adjacent to an activating group) is 1. The lowest BCUT2D eigenvalue weighted by Gasteiger charge is -2.67. The van der Waals surface area contributed by atoms with Crippen molar-refractivity contribution in [1.82, 2.24) is 30.0 Å². The molecule has 5 aliphatic heterocycles. The number of carbonyl (C=O) groups is 4. The van der Waals surface area contributed by atoms with Crippen LogP contribution in [0.5, 0.6) is 5.75 Å². The molecule has 4 fully saturated rings. The average Bonchev–Trinajstić information content (AvgIpc) is 3.60. The third-order valence-corrected chi connectivity index (χ3v) is 15.1. The van der Waals surface area contributed by atoms with Crippen LogP contribution in [-0.4, -0.2) is 107 Å². The third kappa shape index (κ3) is 7.94. The van der Waals surface area contributed by atoms with Gasteiger partial charge in [-0.2, -0.15) is 0 Å². The van der Waals surface area contributed by atoms with Gasteiger partial charge in [0.05, 0.1) is 22.4 Å². The van der Waals surface area contributed by atoms with E-state index in [9.17, 15) is 24.0 Å². The van der Waals surface area contributed by atoms with Crippen molar-refractivity contribution in [2.24, 2.45) is 11.3 Å². The monoisotopic (exact) mass is 891 g/mol. The summed E-state index contributed by atoms with van der Waals surface area (Å²) in [6.07, 6.45) is 6.77. The summed E-state index contributed by atoms with van der Waals surface area (Å²) in [6.45, 7) is 14.8. The molecule has 1 spiro atoms. The number of nitrogens with zero attached hydrogens (tertiary/aromatic N) is 6. The molecule has 15 nitrogen and oxygen atoms in total. The number of likely N-dealkylation sites (tertiary alicyclic amines) is 1. The van der Waals surface area contributed by atoms with Crippen molar-refractivity contribution >= 4 is 69.0 Å². The minimum absolute atomic E-state index is 0.0383. The number of carbonyl (C=O) groups excluding carboxylic acids is 4. The molecule has 7 heterocycles. The Balaban J connectivity index is 0.780. The van der Waals surface area contributed by atoms with Gasteiger partial charge in [-0.3, -0.25) is 29.3 Å². The molecule has 2 aromatic heterocycles. The molecule has 0 radical (unpaired) electrons. The number of halogens is 1. The van der Waals surface area contributed by atoms with Gasteiger partial charge in [-0.15, -0.1) is 0 Å². The molecule has 1 atom stereocenters. The van der Waals surface area contributed by atoms with Crippen LogP contribution >= 0.6 is 11.6 Å². The second kappa shape index (κ2) is 17.0. The second-order valence-corrected chi connectivity index (χ2v) is 19.5. The van der Waals surface area contributed by atoms with Gasteiger partial charge in [0, 0.05) is 91.6 Å². The number of amides is 4. The summed E-state index contributed by atoms with van der Waals surface area (Å²) in [6, 6.07) is 14.8. The van der Waals surface area contributed by atoms with E-state index in [1.807, 2.05) is 44.2 Å². The van der Waals surface area contributed by atoms with Crippen molar-refractivity contribution < 1.29 is 23.9 Å². The molecular formula is C48H58ClN9O6. The fourth-order valence-corrected chi connectivity index (χ4v) is 10.9. The van der Waals surface area contributed by atoms with Crippen LogP contribution < -0.4 is 36.0 Å². The molecule has 4 saturated heterocycles. The number of pyridine rings is 2. The first-order valence-electron chi connectivity index (χ1n) is 22.6. The van der Waals surface area contributed by atoms with E-state index in [1.54, 1.807) is 21.7 Å². The SMILES string of the molecule is CNC(=O)COc1cc2cc(Nc3cc(N4CCC(CN5CCC6(CC5)CN(c5ccc7c(c5)CN(C5CCC(=O)NC5=O)C7=O)C6(C)C)CC4)ncc3Cl)ccc2n(C(C)C)c1=O. The number of hydrogen-bond donors (Lipinski definition) is 3. The quantitative estimate of drug-likeness (QED) is 0.155. The van der Waals surface area contributed by atoms with E-state index >= 15 is 0 Å². The number of nitrogens with one attached hydrogen (secondary N) is 3. The Kier molecular flexibility index (Phi) is 11.6. The van der Waals surface area contributed by atoms with Crippen molar-refractivity contribution in [1.29, 1.82) is 0 Å². The molecule has 16 heteroatoms. The molecular weight excluding hydrogens is 834 g/mol. The molecule has 3 N–H and O–H groups in total. The topological polar surface area (TPSA) is 161 Å². The molecule has 0 saturated carbocycles. The maximum Gasteiger partial charge on any atom is 0.293 e. The summed E-state index contributed by atoms with van der Waals surface area (Å²) in [7, 11) is 1.53. The van der Waals surface area contributed by atoms with Crippen LogP contribution in [0.4, 0.5) is 22.9 Å². The zero-order valence-corrected chi connectivity index (χ0v) is 38.1. The zero-order valence-electron chi connectivity index (χ0n) is 37.3. The molecule has 2 aromatic carbocycles. The normalized spacial score (nSPS) is 21.0. The van der Waals surface area contributed by atoms with Gasteiger partial charge in [0.15, 0.2) is 12.4 Å². The predicted octanol–water partition coefficient (Wildman–Crippen LogP) is 5.86. The number of rotatable bonds is 11. The number of aromatic nitrogens is 2. The standard InChI is InChI=1S/C48H58ClN9O6/c1-29(2)58-38-9-6-33(20-31(38)22-40(46(58)63)64-27-43(60)50-5)52-37-23-41(51-24-36(37)49)55-16-12-30(13-17-55)25-54-18-14-48(15-19-54)28-57(47(48,3)4)34-7-8-35-32(21-34)26-56(45(35)62)39-10-11-42(59)53-44(39)61/h6-9,20-24,29-30,39H,10-19,25-28H2,1-5H3,(H,50,60)(H,51,52)(H,53,59,61). The molecule has 5 aliphatic rings. The summed E-state index contributed by atoms with van der Waals surface area (Å²) >= 11 is 6.70. The first-order chi connectivity index (χ1) is 30.6. The van der Waals surface area contributed by atoms with E-state index in [1.165, 1.54) is 7.05 Å². The smallest absolute Gasteiger partial charge is 0.293 e. The van der Waals surface area contributed by atoms with Crippen molar-refractivity contribution in [3.05, 3.63) is 81.2 Å². The lowest BCUT2D eigenvalue weighted by atomic mass is 9.57. The van der Waals surface area contributed by atoms with Crippen molar-refractivity contribution in [2.45, 2.75) is 90.4 Å². The Morgan fingerprint density at radius 3 is 2.45 bits per heavy atom. The van der Waals surface area contributed by atoms with E-state index in [4.69, 9.17) is 21.3 Å². The van der Waals surface area contributed by atoms with Gasteiger partial charge >= 0.3 is 0 Å². The number of ether oxygens (including phenoxy) is 1. The summed E-state index contributed by atoms with van der Waals surface area (Å²) in [5, 5.41) is 9.68. The van der Waals surface area contributed by atoms with Gasteiger partial charge in [0.2, 0.25) is 11.8 Å². The summed E-state index contributed by atoms with van der Waals surface area (Å²) < 4.78 is 7.32. The molecule has 1 unspecified atom stereocenters. The summed E-state index contributed by atoms with van der Waals surface area (Å²) in [5.74, 6) is 0.484. The first-order valence-corrected chi connectivity index (χ1v) is 23.0. The fourth-order valence-electron chi connectivity index (χ4n) is 10.8. The van der Waals surface area contributed by atoms with Crippen LogP contribution in [0.1, 0.15) is 88.2 Å². The van der Waals surface area contributed by atoms with Crippen LogP contribution in [-0.2, 0) is 20.9 Å². The first kappa shape index (κ1) is 43.6. The second-order valence-electron chi connectivity index (χ2n) is 19.1. The highest BCUT2D eigenvalue weighted by Gasteiger charge is 2.59. The number of benzene rings is 2. The molecule has 0 bridgehead atoms. The maximum atomic E-state index is 13.3. The minimum atomic E-state index is -0.612. The fraction of sp³-hybridized carbons (Fsp3) is 0.500. The number of imide groups is 1. The lowest BCUT2D eigenvalue weighted by molar-refractivity contribution is -0.137. The molecule has 9 rings (SSSR count). The number of hydrogen-bond acceptors (Lipinski definition) is 11. The van der Waals surface area contributed by atoms with Crippen molar-refractivity contribution in [3.63, 3.8) is 0 Å². The van der Waals surface area contributed by atoms with E-state index in [0.717, 1.165) is 104 Å². The Labute approximate surface area is 378 Å². The van der Waals surface area contributed by atoms with E-state index < -0.39 is 6.04 Å². The Bertz CT molecular complexity index is 2580. The van der Waals surface area contributed by atoms with Crippen LogP contribution in [0.15, 0.2) is 59.5 Å². The molecule has 338 valence electrons. The Hall–Kier alpha value is -5.67. The van der Waals surface area contributed by atoms with Crippen LogP contribution in [0.2, 0.25) is 5.02 Å². The highest BCUT2D eigenvalue weighted by Crippen LogP contribution is 2.55. The number of fused-ring (bicyclic) bond motifs is 2. The molecule has 4 amide bonds. The third-order valence-electron chi connectivity index (χ3n) is 14.8. The largest absolute Gasteiger partial charge is 0.478 e. The number of piperidine rings is 3. The van der Waals surface area contributed by atoms with E-state index in [2.05, 4.69) is 56.6 Å². The molecule has 0 aliphatic carbocycles. The average molecular weight is 893 g/mol. The minimum Gasteiger partial charge on any atom is -0.478 e. The van der Waals surface area contributed by atoms with Gasteiger partial charge in [0.1, 0.15) is 11.9 Å². The molecule has 64 heavy (non-hydrogen) atoms. The van der Waals surface area contributed by atoms with Crippen molar-refractivity contribution in [2.75, 3.05) is 68.0 Å². The summed E-state index contributed by atoms with van der Waals surface area (Å²) in [4.78, 5) is 76.6. The van der Waals surface area contributed by atoms with Crippen LogP contribution in [0.25, 0.3) is 10.9 Å². The van der Waals surface area contributed by atoms with Gasteiger partial charge in [-0.1, -0.05) is 11.6 Å². The van der Waals surface area contributed by atoms with E-state index in [-0.39, 0.29) is 65.0 Å². The Morgan fingerprint density at radius 2 is 1.75 bits per heavy atom. The number of anilines is 4. The van der Waals surface area contributed by atoms with Gasteiger partial charge in [-0.25, -0.2) is 4.98 Å². The van der Waals surface area contributed by atoms with Crippen LogP contribution in [0, 0.1) is 11.3 Å². The van der Waals surface area contributed by atoms with Gasteiger partial charge < -0.3 is 39.5 Å². The molecule has 4 aromatic rings.